The number of hydrogen-bond acceptors (Lipinski definition) is 4. The van der Waals surface area contributed by atoms with Gasteiger partial charge in [-0.3, -0.25) is 4.99 Å². The zero-order valence-corrected chi connectivity index (χ0v) is 12.9. The molecule has 1 N–H and O–H groups in total. The Morgan fingerprint density at radius 2 is 2.11 bits per heavy atom. The summed E-state index contributed by atoms with van der Waals surface area (Å²) in [6, 6.07) is 4.42. The summed E-state index contributed by atoms with van der Waals surface area (Å²) in [7, 11) is 0. The van der Waals surface area contributed by atoms with Gasteiger partial charge in [0.1, 0.15) is 0 Å². The van der Waals surface area contributed by atoms with E-state index < -0.39 is 0 Å². The average Bonchev–Trinajstić information content (AvgIpc) is 3.05. The van der Waals surface area contributed by atoms with Crippen LogP contribution in [0.2, 0.25) is 0 Å². The summed E-state index contributed by atoms with van der Waals surface area (Å²) < 4.78 is 5.45. The fourth-order valence-corrected chi connectivity index (χ4v) is 4.57. The van der Waals surface area contributed by atoms with Gasteiger partial charge >= 0.3 is 0 Å². The number of nitrogens with one attached hydrogen (secondary N) is 1. The maximum Gasteiger partial charge on any atom is 0.157 e. The first-order valence-corrected chi connectivity index (χ1v) is 8.71. The van der Waals surface area contributed by atoms with Crippen molar-refractivity contribution in [2.24, 2.45) is 4.99 Å². The third kappa shape index (κ3) is 3.15. The predicted octanol–water partition coefficient (Wildman–Crippen LogP) is 3.05. The molecule has 1 aromatic rings. The van der Waals surface area contributed by atoms with Crippen LogP contribution in [0.3, 0.4) is 0 Å². The van der Waals surface area contributed by atoms with Gasteiger partial charge in [-0.2, -0.15) is 0 Å². The summed E-state index contributed by atoms with van der Waals surface area (Å²) >= 11 is 3.75. The molecular formula is C14H20N2OS2. The molecule has 0 unspecified atom stereocenters. The highest BCUT2D eigenvalue weighted by molar-refractivity contribution is 8.14. The van der Waals surface area contributed by atoms with Crippen LogP contribution >= 0.6 is 23.1 Å². The van der Waals surface area contributed by atoms with Crippen molar-refractivity contribution in [3.63, 3.8) is 0 Å². The Labute approximate surface area is 122 Å². The van der Waals surface area contributed by atoms with Gasteiger partial charge in [-0.05, 0) is 31.4 Å². The molecule has 0 saturated carbocycles. The van der Waals surface area contributed by atoms with Crippen molar-refractivity contribution in [2.45, 2.75) is 38.3 Å². The van der Waals surface area contributed by atoms with Gasteiger partial charge in [0.2, 0.25) is 0 Å². The molecule has 3 nitrogen and oxygen atoms in total. The molecule has 1 spiro atoms. The zero-order chi connectivity index (χ0) is 13.1. The van der Waals surface area contributed by atoms with E-state index in [0.717, 1.165) is 49.9 Å². The summed E-state index contributed by atoms with van der Waals surface area (Å²) in [6.07, 6.45) is 3.34. The molecule has 5 heteroatoms. The SMILES string of the molecule is CCc1ccc(CN=C2NC3(CCOCC3)CS2)s1. The van der Waals surface area contributed by atoms with Crippen LogP contribution in [0.1, 0.15) is 29.5 Å². The van der Waals surface area contributed by atoms with Gasteiger partial charge in [-0.25, -0.2) is 0 Å². The van der Waals surface area contributed by atoms with Crippen LogP contribution in [0.4, 0.5) is 0 Å². The summed E-state index contributed by atoms with van der Waals surface area (Å²) in [4.78, 5) is 7.54. The summed E-state index contributed by atoms with van der Waals surface area (Å²) in [6.45, 7) is 4.77. The Balaban J connectivity index is 1.59. The van der Waals surface area contributed by atoms with Gasteiger partial charge < -0.3 is 10.1 Å². The number of ether oxygens (including phenoxy) is 1. The van der Waals surface area contributed by atoms with E-state index in [1.165, 1.54) is 9.75 Å². The molecule has 0 bridgehead atoms. The number of amidine groups is 1. The van der Waals surface area contributed by atoms with E-state index >= 15 is 0 Å². The molecule has 3 rings (SSSR count). The van der Waals surface area contributed by atoms with Gasteiger partial charge in [0.25, 0.3) is 0 Å². The molecule has 2 saturated heterocycles. The van der Waals surface area contributed by atoms with Gasteiger partial charge in [0.05, 0.1) is 12.1 Å². The Morgan fingerprint density at radius 3 is 2.84 bits per heavy atom. The van der Waals surface area contributed by atoms with Crippen molar-refractivity contribution in [1.82, 2.24) is 5.32 Å². The molecular weight excluding hydrogens is 276 g/mol. The van der Waals surface area contributed by atoms with Gasteiger partial charge in [-0.15, -0.1) is 11.3 Å². The highest BCUT2D eigenvalue weighted by Crippen LogP contribution is 2.32. The average molecular weight is 296 g/mol. The van der Waals surface area contributed by atoms with Crippen LogP contribution < -0.4 is 5.32 Å². The van der Waals surface area contributed by atoms with E-state index in [4.69, 9.17) is 9.73 Å². The summed E-state index contributed by atoms with van der Waals surface area (Å²) in [5.74, 6) is 1.14. The monoisotopic (exact) mass is 296 g/mol. The Hall–Kier alpha value is -0.520. The fraction of sp³-hybridized carbons (Fsp3) is 0.643. The van der Waals surface area contributed by atoms with E-state index in [9.17, 15) is 0 Å². The first kappa shape index (κ1) is 13.5. The van der Waals surface area contributed by atoms with Gasteiger partial charge in [0, 0.05) is 28.7 Å². The Morgan fingerprint density at radius 1 is 1.32 bits per heavy atom. The molecule has 0 radical (unpaired) electrons. The van der Waals surface area contributed by atoms with E-state index in [1.54, 1.807) is 0 Å². The molecule has 19 heavy (non-hydrogen) atoms. The van der Waals surface area contributed by atoms with Crippen molar-refractivity contribution in [3.05, 3.63) is 21.9 Å². The fourth-order valence-electron chi connectivity index (χ4n) is 2.47. The number of hydrogen-bond donors (Lipinski definition) is 1. The van der Waals surface area contributed by atoms with Gasteiger partial charge in [0.15, 0.2) is 5.17 Å². The van der Waals surface area contributed by atoms with Crippen molar-refractivity contribution in [1.29, 1.82) is 0 Å². The lowest BCUT2D eigenvalue weighted by molar-refractivity contribution is 0.0555. The van der Waals surface area contributed by atoms with Crippen LogP contribution in [0, 0.1) is 0 Å². The summed E-state index contributed by atoms with van der Waals surface area (Å²) in [5, 5.41) is 4.75. The third-order valence-electron chi connectivity index (χ3n) is 3.75. The third-order valence-corrected chi connectivity index (χ3v) is 6.17. The lowest BCUT2D eigenvalue weighted by Crippen LogP contribution is -2.48. The number of aryl methyl sites for hydroxylation is 1. The minimum atomic E-state index is 0.256. The van der Waals surface area contributed by atoms with E-state index in [1.807, 2.05) is 23.1 Å². The first-order chi connectivity index (χ1) is 9.30. The van der Waals surface area contributed by atoms with E-state index in [-0.39, 0.29) is 5.54 Å². The second kappa shape index (κ2) is 5.85. The molecule has 2 aliphatic rings. The van der Waals surface area contributed by atoms with Crippen molar-refractivity contribution in [3.8, 4) is 0 Å². The zero-order valence-electron chi connectivity index (χ0n) is 11.3. The highest BCUT2D eigenvalue weighted by Gasteiger charge is 2.38. The minimum Gasteiger partial charge on any atom is -0.381 e. The van der Waals surface area contributed by atoms with Crippen LogP contribution in [0.25, 0.3) is 0 Å². The standard InChI is InChI=1S/C14H20N2OS2/c1-2-11-3-4-12(19-11)9-15-13-16-14(10-18-13)5-7-17-8-6-14/h3-4H,2,5-10H2,1H3,(H,15,16). The van der Waals surface area contributed by atoms with Crippen molar-refractivity contribution >= 4 is 28.3 Å². The normalized spacial score (nSPS) is 23.9. The number of rotatable bonds is 3. The number of aliphatic imine (C=N–C) groups is 1. The molecule has 0 atom stereocenters. The van der Waals surface area contributed by atoms with Crippen LogP contribution in [0.5, 0.6) is 0 Å². The minimum absolute atomic E-state index is 0.256. The van der Waals surface area contributed by atoms with Gasteiger partial charge in [-0.1, -0.05) is 18.7 Å². The smallest absolute Gasteiger partial charge is 0.157 e. The molecule has 1 aromatic heterocycles. The number of thioether (sulfide) groups is 1. The second-order valence-electron chi connectivity index (χ2n) is 5.15. The molecule has 2 aliphatic heterocycles. The first-order valence-electron chi connectivity index (χ1n) is 6.90. The maximum atomic E-state index is 5.45. The quantitative estimate of drug-likeness (QED) is 0.931. The van der Waals surface area contributed by atoms with Crippen LogP contribution in [-0.2, 0) is 17.7 Å². The van der Waals surface area contributed by atoms with Crippen molar-refractivity contribution in [2.75, 3.05) is 19.0 Å². The molecule has 0 aliphatic carbocycles. The lowest BCUT2D eigenvalue weighted by atomic mass is 9.93. The topological polar surface area (TPSA) is 33.6 Å². The number of nitrogens with zero attached hydrogens (tertiary/aromatic N) is 1. The molecule has 0 aromatic carbocycles. The summed E-state index contributed by atoms with van der Waals surface area (Å²) in [5.41, 5.74) is 0.256. The second-order valence-corrected chi connectivity index (χ2v) is 7.37. The molecule has 2 fully saturated rings. The molecule has 3 heterocycles. The Kier molecular flexibility index (Phi) is 4.15. The molecule has 104 valence electrons. The van der Waals surface area contributed by atoms with E-state index in [0.29, 0.717) is 0 Å². The van der Waals surface area contributed by atoms with Crippen LogP contribution in [0.15, 0.2) is 17.1 Å². The maximum absolute atomic E-state index is 5.45. The Bertz CT molecular complexity index is 464. The van der Waals surface area contributed by atoms with E-state index in [2.05, 4.69) is 24.4 Å². The molecule has 0 amide bonds. The number of thiophene rings is 1. The van der Waals surface area contributed by atoms with Crippen LogP contribution in [-0.4, -0.2) is 29.7 Å². The largest absolute Gasteiger partial charge is 0.381 e. The highest BCUT2D eigenvalue weighted by atomic mass is 32.2. The lowest BCUT2D eigenvalue weighted by Gasteiger charge is -2.32. The van der Waals surface area contributed by atoms with Crippen molar-refractivity contribution < 1.29 is 4.74 Å². The predicted molar refractivity (Wildman–Crippen MR) is 83.2 cm³/mol.